The molecule has 26 heavy (non-hydrogen) atoms. The molecule has 0 saturated heterocycles. The maximum absolute atomic E-state index is 2.45. The largest absolute Gasteiger partial charge is 0.0836 e. The van der Waals surface area contributed by atoms with Gasteiger partial charge in [0.05, 0.1) is 5.41 Å². The van der Waals surface area contributed by atoms with E-state index in [1.807, 2.05) is 0 Å². The van der Waals surface area contributed by atoms with Gasteiger partial charge in [0.15, 0.2) is 0 Å². The van der Waals surface area contributed by atoms with Gasteiger partial charge in [-0.3, -0.25) is 0 Å². The van der Waals surface area contributed by atoms with Gasteiger partial charge in [-0.05, 0) is 34.6 Å². The first-order chi connectivity index (χ1) is 12.8. The van der Waals surface area contributed by atoms with E-state index >= 15 is 0 Å². The Bertz CT molecular complexity index is 805. The molecule has 0 N–H and O–H groups in total. The van der Waals surface area contributed by atoms with E-state index in [0.717, 1.165) is 6.42 Å². The van der Waals surface area contributed by atoms with Crippen molar-refractivity contribution in [3.63, 3.8) is 0 Å². The van der Waals surface area contributed by atoms with Gasteiger partial charge in [0.2, 0.25) is 0 Å². The minimum Gasteiger partial charge on any atom is -0.0836 e. The Morgan fingerprint density at radius 2 is 1.08 bits per heavy atom. The van der Waals surface area contributed by atoms with Crippen molar-refractivity contribution in [2.45, 2.75) is 18.8 Å². The quantitative estimate of drug-likeness (QED) is 0.474. The highest BCUT2D eigenvalue weighted by Crippen LogP contribution is 2.47. The lowest BCUT2D eigenvalue weighted by Gasteiger charge is -2.39. The summed E-state index contributed by atoms with van der Waals surface area (Å²) in [5, 5.41) is 0. The molecule has 128 valence electrons. The zero-order valence-electron chi connectivity index (χ0n) is 15.2. The van der Waals surface area contributed by atoms with Crippen molar-refractivity contribution in [1.82, 2.24) is 0 Å². The van der Waals surface area contributed by atoms with Gasteiger partial charge in [-0.25, -0.2) is 0 Å². The van der Waals surface area contributed by atoms with Crippen molar-refractivity contribution in [2.24, 2.45) is 5.92 Å². The molecule has 1 aliphatic carbocycles. The summed E-state index contributed by atoms with van der Waals surface area (Å²) in [6.07, 6.45) is 8.21. The van der Waals surface area contributed by atoms with Crippen molar-refractivity contribution >= 4 is 0 Å². The number of allylic oxidation sites excluding steroid dienone is 4. The number of hydrogen-bond acceptors (Lipinski definition) is 0. The molecule has 1 unspecified atom stereocenters. The van der Waals surface area contributed by atoms with Crippen molar-refractivity contribution in [3.05, 3.63) is 131 Å². The van der Waals surface area contributed by atoms with Crippen molar-refractivity contribution < 1.29 is 0 Å². The van der Waals surface area contributed by atoms with E-state index in [1.54, 1.807) is 0 Å². The van der Waals surface area contributed by atoms with Crippen LogP contribution in [0.15, 0.2) is 115 Å². The maximum atomic E-state index is 2.45. The maximum Gasteiger partial charge on any atom is 0.0698 e. The third-order valence-corrected chi connectivity index (χ3v) is 5.32. The molecule has 1 atom stereocenters. The van der Waals surface area contributed by atoms with E-state index in [0.29, 0.717) is 5.92 Å². The van der Waals surface area contributed by atoms with E-state index in [1.165, 1.54) is 22.3 Å². The molecule has 0 radical (unpaired) electrons. The van der Waals surface area contributed by atoms with Gasteiger partial charge in [0.25, 0.3) is 0 Å². The molecule has 0 fully saturated rings. The summed E-state index contributed by atoms with van der Waals surface area (Å²) in [4.78, 5) is 0. The van der Waals surface area contributed by atoms with Gasteiger partial charge in [0, 0.05) is 0 Å². The SMILES string of the molecule is CC1C=C(C(c2ccccc2)(c2ccccc2)c2ccccc2)C=CC1. The van der Waals surface area contributed by atoms with Crippen LogP contribution < -0.4 is 0 Å². The lowest BCUT2D eigenvalue weighted by Crippen LogP contribution is -2.32. The molecule has 0 nitrogen and oxygen atoms in total. The van der Waals surface area contributed by atoms with Crippen LogP contribution in [0.1, 0.15) is 30.0 Å². The number of rotatable bonds is 4. The van der Waals surface area contributed by atoms with Gasteiger partial charge < -0.3 is 0 Å². The molecule has 0 amide bonds. The standard InChI is InChI=1S/C26H24/c1-21-12-11-19-25(20-21)26(22-13-5-2-6-14-22,23-15-7-3-8-16-23)24-17-9-4-10-18-24/h2-11,13-21H,12H2,1H3. The molecule has 0 spiro atoms. The average molecular weight is 336 g/mol. The summed E-state index contributed by atoms with van der Waals surface area (Å²) in [6.45, 7) is 2.30. The molecule has 0 aliphatic heterocycles. The molecule has 3 aromatic carbocycles. The highest BCUT2D eigenvalue weighted by atomic mass is 14.4. The van der Waals surface area contributed by atoms with Crippen molar-refractivity contribution in [2.75, 3.05) is 0 Å². The molecular weight excluding hydrogens is 312 g/mol. The van der Waals surface area contributed by atoms with E-state index < -0.39 is 0 Å². The van der Waals surface area contributed by atoms with Crippen LogP contribution in [-0.4, -0.2) is 0 Å². The second-order valence-corrected chi connectivity index (χ2v) is 7.09. The van der Waals surface area contributed by atoms with Gasteiger partial charge >= 0.3 is 0 Å². The molecule has 0 heterocycles. The molecule has 0 bridgehead atoms. The molecule has 4 rings (SSSR count). The van der Waals surface area contributed by atoms with Crippen LogP contribution in [0.2, 0.25) is 0 Å². The van der Waals surface area contributed by atoms with E-state index in [4.69, 9.17) is 0 Å². The minimum atomic E-state index is -0.297. The van der Waals surface area contributed by atoms with Crippen LogP contribution >= 0.6 is 0 Å². The second kappa shape index (κ2) is 7.17. The Kier molecular flexibility index (Phi) is 4.58. The fourth-order valence-corrected chi connectivity index (χ4v) is 4.15. The number of benzene rings is 3. The fourth-order valence-electron chi connectivity index (χ4n) is 4.15. The molecular formula is C26H24. The highest BCUT2D eigenvalue weighted by molar-refractivity contribution is 5.61. The van der Waals surface area contributed by atoms with Crippen LogP contribution in [0.5, 0.6) is 0 Å². The van der Waals surface area contributed by atoms with E-state index in [9.17, 15) is 0 Å². The third-order valence-electron chi connectivity index (χ3n) is 5.32. The minimum absolute atomic E-state index is 0.297. The Morgan fingerprint density at radius 3 is 1.46 bits per heavy atom. The zero-order chi connectivity index (χ0) is 17.8. The predicted octanol–water partition coefficient (Wildman–Crippen LogP) is 6.54. The second-order valence-electron chi connectivity index (χ2n) is 7.09. The summed E-state index contributed by atoms with van der Waals surface area (Å²) < 4.78 is 0. The first-order valence-electron chi connectivity index (χ1n) is 9.37. The normalized spacial score (nSPS) is 17.0. The molecule has 0 heteroatoms. The van der Waals surface area contributed by atoms with Crippen molar-refractivity contribution in [1.29, 1.82) is 0 Å². The highest BCUT2D eigenvalue weighted by Gasteiger charge is 2.39. The van der Waals surface area contributed by atoms with E-state index in [2.05, 4.69) is 116 Å². The lowest BCUT2D eigenvalue weighted by molar-refractivity contribution is 0.675. The summed E-state index contributed by atoms with van der Waals surface area (Å²) in [6, 6.07) is 32.7. The lowest BCUT2D eigenvalue weighted by atomic mass is 9.63. The molecule has 3 aromatic rings. The summed E-state index contributed by atoms with van der Waals surface area (Å²) >= 11 is 0. The average Bonchev–Trinajstić information content (AvgIpc) is 2.71. The van der Waals surface area contributed by atoms with Crippen LogP contribution in [0.25, 0.3) is 0 Å². The number of hydrogen-bond donors (Lipinski definition) is 0. The van der Waals surface area contributed by atoms with Crippen LogP contribution in [0, 0.1) is 5.92 Å². The zero-order valence-corrected chi connectivity index (χ0v) is 15.2. The summed E-state index contributed by atoms with van der Waals surface area (Å²) in [7, 11) is 0. The summed E-state index contributed by atoms with van der Waals surface area (Å²) in [5.41, 5.74) is 4.99. The van der Waals surface area contributed by atoms with Gasteiger partial charge in [-0.15, -0.1) is 0 Å². The summed E-state index contributed by atoms with van der Waals surface area (Å²) in [5.74, 6) is 0.547. The predicted molar refractivity (Wildman–Crippen MR) is 110 cm³/mol. The van der Waals surface area contributed by atoms with Crippen LogP contribution in [0.3, 0.4) is 0 Å². The monoisotopic (exact) mass is 336 g/mol. The van der Waals surface area contributed by atoms with E-state index in [-0.39, 0.29) is 5.41 Å². The van der Waals surface area contributed by atoms with Gasteiger partial charge in [-0.1, -0.05) is 116 Å². The van der Waals surface area contributed by atoms with Crippen LogP contribution in [0.4, 0.5) is 0 Å². The van der Waals surface area contributed by atoms with Gasteiger partial charge in [0.1, 0.15) is 0 Å². The third kappa shape index (κ3) is 2.82. The Hall–Kier alpha value is -2.86. The molecule has 1 aliphatic rings. The topological polar surface area (TPSA) is 0 Å². The van der Waals surface area contributed by atoms with Crippen molar-refractivity contribution in [3.8, 4) is 0 Å². The Labute approximate surface area is 156 Å². The van der Waals surface area contributed by atoms with Crippen LogP contribution in [-0.2, 0) is 5.41 Å². The Balaban J connectivity index is 2.09. The Morgan fingerprint density at radius 1 is 0.654 bits per heavy atom. The first kappa shape index (κ1) is 16.6. The molecule has 0 aromatic heterocycles. The smallest absolute Gasteiger partial charge is 0.0698 e. The van der Waals surface area contributed by atoms with Gasteiger partial charge in [-0.2, -0.15) is 0 Å². The first-order valence-corrected chi connectivity index (χ1v) is 9.37. The fraction of sp³-hybridized carbons (Fsp3) is 0.154. The molecule has 0 saturated carbocycles.